The third-order valence-electron chi connectivity index (χ3n) is 10.6. The van der Waals surface area contributed by atoms with E-state index in [4.69, 9.17) is 28.4 Å². The van der Waals surface area contributed by atoms with Crippen LogP contribution >= 0.6 is 12.6 Å². The smallest absolute Gasteiger partial charge is 0.306 e. The monoisotopic (exact) mass is 901 g/mol. The molecule has 0 aliphatic rings. The Morgan fingerprint density at radius 3 is 0.790 bits per heavy atom. The van der Waals surface area contributed by atoms with E-state index in [2.05, 4.69) is 40.3 Å². The van der Waals surface area contributed by atoms with Gasteiger partial charge in [-0.15, -0.1) is 0 Å². The third-order valence-corrected chi connectivity index (χ3v) is 11.1. The second-order valence-corrected chi connectivity index (χ2v) is 17.5. The lowest BCUT2D eigenvalue weighted by Gasteiger charge is -2.19. The summed E-state index contributed by atoms with van der Waals surface area (Å²) < 4.78 is 32.9. The first-order valence-corrected chi connectivity index (χ1v) is 25.2. The maximum absolute atomic E-state index is 12.9. The highest BCUT2D eigenvalue weighted by molar-refractivity contribution is 7.80. The predicted octanol–water partition coefficient (Wildman–Crippen LogP) is 11.8. The summed E-state index contributed by atoms with van der Waals surface area (Å²) in [6.45, 7) is 7.75. The van der Waals surface area contributed by atoms with E-state index in [0.29, 0.717) is 0 Å². The molecule has 0 unspecified atom stereocenters. The number of rotatable bonds is 44. The van der Waals surface area contributed by atoms with Gasteiger partial charge in [0.15, 0.2) is 12.2 Å². The molecule has 0 fully saturated rings. The van der Waals surface area contributed by atoms with Crippen molar-refractivity contribution in [2.24, 2.45) is 0 Å². The average molecular weight is 901 g/mol. The molecule has 0 rings (SSSR count). The summed E-state index contributed by atoms with van der Waals surface area (Å²) in [6, 6.07) is 0. The molecule has 12 nitrogen and oxygen atoms in total. The summed E-state index contributed by atoms with van der Waals surface area (Å²) in [6.07, 6.45) is 24.5. The second kappa shape index (κ2) is 43.4. The molecular weight excluding hydrogens is 813 g/mol. The van der Waals surface area contributed by atoms with Crippen molar-refractivity contribution in [3.8, 4) is 0 Å². The molecule has 0 N–H and O–H groups in total. The number of thiol groups is 1. The van der Waals surface area contributed by atoms with Gasteiger partial charge in [-0.1, -0.05) is 156 Å². The van der Waals surface area contributed by atoms with E-state index in [1.54, 1.807) is 0 Å². The third kappa shape index (κ3) is 40.0. The van der Waals surface area contributed by atoms with E-state index in [1.807, 2.05) is 0 Å². The van der Waals surface area contributed by atoms with Crippen molar-refractivity contribution < 1.29 is 57.2 Å². The van der Waals surface area contributed by atoms with Crippen LogP contribution in [0.4, 0.5) is 0 Å². The molecule has 0 saturated carbocycles. The van der Waals surface area contributed by atoms with Crippen LogP contribution in [0.1, 0.15) is 233 Å². The predicted molar refractivity (Wildman–Crippen MR) is 247 cm³/mol. The molecule has 0 aromatic rings. The largest absolute Gasteiger partial charge is 0.462 e. The molecular formula is C49H88O12S. The molecule has 0 amide bonds. The molecule has 0 saturated heterocycles. The van der Waals surface area contributed by atoms with Crippen LogP contribution in [0.5, 0.6) is 0 Å². The Labute approximate surface area is 381 Å². The molecule has 0 aromatic carbocycles. The highest BCUT2D eigenvalue weighted by atomic mass is 32.1. The molecule has 62 heavy (non-hydrogen) atoms. The molecule has 0 radical (unpaired) electrons. The van der Waals surface area contributed by atoms with Gasteiger partial charge in [0.05, 0.1) is 0 Å². The highest BCUT2D eigenvalue weighted by Crippen LogP contribution is 2.16. The minimum absolute atomic E-state index is 0.0249. The highest BCUT2D eigenvalue weighted by Gasteiger charge is 2.23. The topological polar surface area (TPSA) is 158 Å². The first kappa shape index (κ1) is 59.2. The van der Waals surface area contributed by atoms with Crippen molar-refractivity contribution in [1.29, 1.82) is 0 Å². The maximum atomic E-state index is 12.9. The van der Waals surface area contributed by atoms with Gasteiger partial charge in [-0.2, -0.15) is 12.6 Å². The number of hydrogen-bond donors (Lipinski definition) is 1. The molecule has 13 heteroatoms. The quantitative estimate of drug-likeness (QED) is 0.0267. The van der Waals surface area contributed by atoms with E-state index >= 15 is 0 Å². The number of carbonyl (C=O) groups is 6. The Morgan fingerprint density at radius 1 is 0.323 bits per heavy atom. The molecule has 0 aromatic heterocycles. The summed E-state index contributed by atoms with van der Waals surface area (Å²) in [5.74, 6) is -2.68. The summed E-state index contributed by atoms with van der Waals surface area (Å²) in [7, 11) is 0. The van der Waals surface area contributed by atoms with Crippen LogP contribution in [0.2, 0.25) is 0 Å². The van der Waals surface area contributed by atoms with Crippen molar-refractivity contribution in [2.75, 3.05) is 26.4 Å². The van der Waals surface area contributed by atoms with Crippen LogP contribution in [0, 0.1) is 0 Å². The van der Waals surface area contributed by atoms with Crippen LogP contribution in [-0.2, 0) is 57.2 Å². The number of esters is 6. The van der Waals surface area contributed by atoms with E-state index in [9.17, 15) is 28.8 Å². The second-order valence-electron chi connectivity index (χ2n) is 16.8. The van der Waals surface area contributed by atoms with E-state index in [0.717, 1.165) is 128 Å². The van der Waals surface area contributed by atoms with Gasteiger partial charge in [0.25, 0.3) is 0 Å². The minimum atomic E-state index is -0.949. The van der Waals surface area contributed by atoms with Crippen LogP contribution in [0.25, 0.3) is 0 Å². The lowest BCUT2D eigenvalue weighted by Crippen LogP contribution is -2.31. The van der Waals surface area contributed by atoms with Gasteiger partial charge in [0, 0.05) is 43.8 Å². The molecule has 0 heterocycles. The van der Waals surface area contributed by atoms with Gasteiger partial charge in [0.2, 0.25) is 0 Å². The fourth-order valence-corrected chi connectivity index (χ4v) is 6.92. The van der Waals surface area contributed by atoms with E-state index in [1.165, 1.54) is 25.7 Å². The molecule has 0 atom stereocenters. The normalized spacial score (nSPS) is 11.2. The number of unbranched alkanes of at least 4 members (excludes halogenated alkanes) is 20. The zero-order valence-corrected chi connectivity index (χ0v) is 40.4. The molecule has 0 aliphatic heterocycles. The Kier molecular flexibility index (Phi) is 41.4. The van der Waals surface area contributed by atoms with Crippen molar-refractivity contribution in [2.45, 2.75) is 251 Å². The first-order chi connectivity index (χ1) is 30.0. The Bertz CT molecular complexity index is 998. The first-order valence-electron chi connectivity index (χ1n) is 24.7. The van der Waals surface area contributed by atoms with Crippen LogP contribution in [0.15, 0.2) is 0 Å². The van der Waals surface area contributed by atoms with Crippen LogP contribution < -0.4 is 0 Å². The standard InChI is InChI=1S/C49H88O12S/c1-5-9-13-17-21-25-29-44(50)56-37-41(38-57-45(51)30-26-22-18-14-10-6-2)60-48(54)35-33-43(62)34-36-49(55)61-42(39-58-46(52)31-27-23-19-15-11-7-3)40-59-47(53)32-28-24-20-16-12-8-4/h41-43,62H,5-40H2,1-4H3. The lowest BCUT2D eigenvalue weighted by molar-refractivity contribution is -0.167. The van der Waals surface area contributed by atoms with Gasteiger partial charge >= 0.3 is 35.8 Å². The number of ether oxygens (including phenoxy) is 6. The summed E-state index contributed by atoms with van der Waals surface area (Å²) in [5, 5.41) is -0.359. The Morgan fingerprint density at radius 2 is 0.548 bits per heavy atom. The summed E-state index contributed by atoms with van der Waals surface area (Å²) in [5.41, 5.74) is 0. The van der Waals surface area contributed by atoms with Gasteiger partial charge in [-0.25, -0.2) is 0 Å². The maximum Gasteiger partial charge on any atom is 0.306 e. The van der Waals surface area contributed by atoms with Crippen LogP contribution in [-0.4, -0.2) is 79.7 Å². The Balaban J connectivity index is 5.04. The van der Waals surface area contributed by atoms with E-state index < -0.39 is 24.1 Å². The fourth-order valence-electron chi connectivity index (χ4n) is 6.67. The zero-order valence-electron chi connectivity index (χ0n) is 39.5. The number of hydrogen-bond acceptors (Lipinski definition) is 13. The van der Waals surface area contributed by atoms with E-state index in [-0.39, 0.29) is 107 Å². The van der Waals surface area contributed by atoms with Gasteiger partial charge in [-0.3, -0.25) is 28.8 Å². The average Bonchev–Trinajstić information content (AvgIpc) is 3.26. The summed E-state index contributed by atoms with van der Waals surface area (Å²) >= 11 is 4.58. The molecule has 362 valence electrons. The summed E-state index contributed by atoms with van der Waals surface area (Å²) in [4.78, 5) is 75.6. The van der Waals surface area contributed by atoms with Crippen molar-refractivity contribution in [3.05, 3.63) is 0 Å². The SMILES string of the molecule is CCCCCCCCC(=O)OCC(COC(=O)CCCCCCCC)OC(=O)CCC(S)CCC(=O)OC(COC(=O)CCCCCCCC)COC(=O)CCCCCCCC. The molecule has 0 aliphatic carbocycles. The van der Waals surface area contributed by atoms with Gasteiger partial charge < -0.3 is 28.4 Å². The Hall–Kier alpha value is -2.83. The fraction of sp³-hybridized carbons (Fsp3) is 0.878. The van der Waals surface area contributed by atoms with Gasteiger partial charge in [-0.05, 0) is 38.5 Å². The van der Waals surface area contributed by atoms with Crippen LogP contribution in [0.3, 0.4) is 0 Å². The van der Waals surface area contributed by atoms with Crippen molar-refractivity contribution in [3.63, 3.8) is 0 Å². The lowest BCUT2D eigenvalue weighted by atomic mass is 10.1. The van der Waals surface area contributed by atoms with Crippen molar-refractivity contribution >= 4 is 48.4 Å². The minimum Gasteiger partial charge on any atom is -0.462 e. The van der Waals surface area contributed by atoms with Crippen molar-refractivity contribution in [1.82, 2.24) is 0 Å². The molecule has 0 spiro atoms. The van der Waals surface area contributed by atoms with Gasteiger partial charge in [0.1, 0.15) is 26.4 Å². The zero-order chi connectivity index (χ0) is 45.9. The molecule has 0 bridgehead atoms. The number of carbonyl (C=O) groups excluding carboxylic acids is 6.